The molecular formula is C25H28F3N5O4. The van der Waals surface area contributed by atoms with Gasteiger partial charge < -0.3 is 25.0 Å². The van der Waals surface area contributed by atoms with Crippen molar-refractivity contribution in [1.82, 2.24) is 20.4 Å². The fraction of sp³-hybridized carbons (Fsp3) is 0.480. The molecule has 1 aromatic carbocycles. The number of hydrogen-bond donors (Lipinski definition) is 3. The minimum Gasteiger partial charge on any atom is -0.481 e. The van der Waals surface area contributed by atoms with Gasteiger partial charge in [-0.15, -0.1) is 0 Å². The zero-order chi connectivity index (χ0) is 26.2. The SMILES string of the molecule is COc1ccc(C2(O)CCC(N3CC(NC(=O)CNc4noc5ccc(C(F)(F)F)cc45)C3)CC2)cn1. The lowest BCUT2D eigenvalue weighted by Gasteiger charge is -2.48. The molecule has 0 atom stereocenters. The minimum absolute atomic E-state index is 0.00761. The van der Waals surface area contributed by atoms with Crippen LogP contribution in [0.15, 0.2) is 41.1 Å². The number of aromatic nitrogens is 2. The number of amides is 1. The number of ether oxygens (including phenoxy) is 1. The molecule has 1 aliphatic heterocycles. The fourth-order valence-electron chi connectivity index (χ4n) is 5.10. The second-order valence-electron chi connectivity index (χ2n) is 9.66. The van der Waals surface area contributed by atoms with Gasteiger partial charge in [0.2, 0.25) is 11.8 Å². The van der Waals surface area contributed by atoms with Gasteiger partial charge in [-0.1, -0.05) is 5.16 Å². The number of nitrogens with zero attached hydrogens (tertiary/aromatic N) is 3. The highest BCUT2D eigenvalue weighted by Gasteiger charge is 2.40. The summed E-state index contributed by atoms with van der Waals surface area (Å²) in [5.74, 6) is 0.320. The van der Waals surface area contributed by atoms with E-state index in [1.807, 2.05) is 6.07 Å². The van der Waals surface area contributed by atoms with Crippen LogP contribution in [0.4, 0.5) is 19.0 Å². The number of fused-ring (bicyclic) bond motifs is 1. The monoisotopic (exact) mass is 519 g/mol. The lowest BCUT2D eigenvalue weighted by molar-refractivity contribution is -0.137. The summed E-state index contributed by atoms with van der Waals surface area (Å²) in [6.07, 6.45) is 0.114. The van der Waals surface area contributed by atoms with E-state index in [9.17, 15) is 23.1 Å². The van der Waals surface area contributed by atoms with Crippen LogP contribution in [0.3, 0.4) is 0 Å². The highest BCUT2D eigenvalue weighted by atomic mass is 19.4. The average Bonchev–Trinajstić information content (AvgIpc) is 3.27. The van der Waals surface area contributed by atoms with Crippen molar-refractivity contribution in [2.24, 2.45) is 0 Å². The number of methoxy groups -OCH3 is 1. The molecule has 1 saturated carbocycles. The first-order valence-corrected chi connectivity index (χ1v) is 12.1. The predicted octanol–water partition coefficient (Wildman–Crippen LogP) is 3.29. The number of carbonyl (C=O) groups is 1. The highest BCUT2D eigenvalue weighted by Crippen LogP contribution is 2.39. The van der Waals surface area contributed by atoms with Crippen LogP contribution in [0, 0.1) is 0 Å². The van der Waals surface area contributed by atoms with Crippen LogP contribution < -0.4 is 15.4 Å². The molecule has 0 spiro atoms. The predicted molar refractivity (Wildman–Crippen MR) is 128 cm³/mol. The molecule has 5 rings (SSSR count). The van der Waals surface area contributed by atoms with E-state index >= 15 is 0 Å². The number of rotatable bonds is 7. The summed E-state index contributed by atoms with van der Waals surface area (Å²) in [4.78, 5) is 18.9. The first kappa shape index (κ1) is 25.3. The molecular weight excluding hydrogens is 491 g/mol. The first-order valence-electron chi connectivity index (χ1n) is 12.1. The number of likely N-dealkylation sites (tertiary alicyclic amines) is 1. The minimum atomic E-state index is -4.49. The third-order valence-corrected chi connectivity index (χ3v) is 7.27. The van der Waals surface area contributed by atoms with Crippen LogP contribution in [0.5, 0.6) is 5.88 Å². The molecule has 1 saturated heterocycles. The van der Waals surface area contributed by atoms with E-state index in [1.165, 1.54) is 6.07 Å². The smallest absolute Gasteiger partial charge is 0.416 e. The lowest BCUT2D eigenvalue weighted by atomic mass is 9.77. The van der Waals surface area contributed by atoms with E-state index in [-0.39, 0.29) is 35.3 Å². The maximum Gasteiger partial charge on any atom is 0.416 e. The number of anilines is 1. The van der Waals surface area contributed by atoms with Gasteiger partial charge in [-0.05, 0) is 49.9 Å². The molecule has 37 heavy (non-hydrogen) atoms. The van der Waals surface area contributed by atoms with Crippen molar-refractivity contribution in [2.45, 2.75) is 49.5 Å². The number of pyridine rings is 1. The number of benzene rings is 1. The van der Waals surface area contributed by atoms with Gasteiger partial charge in [-0.2, -0.15) is 13.2 Å². The van der Waals surface area contributed by atoms with Crippen LogP contribution in [0.2, 0.25) is 0 Å². The summed E-state index contributed by atoms with van der Waals surface area (Å²) in [5, 5.41) is 20.7. The van der Waals surface area contributed by atoms with Crippen molar-refractivity contribution in [1.29, 1.82) is 0 Å². The van der Waals surface area contributed by atoms with Crippen molar-refractivity contribution in [3.05, 3.63) is 47.7 Å². The molecule has 0 unspecified atom stereocenters. The van der Waals surface area contributed by atoms with Crippen molar-refractivity contribution in [3.8, 4) is 5.88 Å². The van der Waals surface area contributed by atoms with Crippen LogP contribution in [0.1, 0.15) is 36.8 Å². The number of alkyl halides is 3. The second kappa shape index (κ2) is 9.82. The highest BCUT2D eigenvalue weighted by molar-refractivity contribution is 5.90. The zero-order valence-corrected chi connectivity index (χ0v) is 20.2. The molecule has 12 heteroatoms. The summed E-state index contributed by atoms with van der Waals surface area (Å²) >= 11 is 0. The molecule has 2 aromatic heterocycles. The zero-order valence-electron chi connectivity index (χ0n) is 20.2. The molecule has 3 aromatic rings. The second-order valence-corrected chi connectivity index (χ2v) is 9.66. The molecule has 1 amide bonds. The molecule has 3 N–H and O–H groups in total. The van der Waals surface area contributed by atoms with Crippen molar-refractivity contribution < 1.29 is 32.3 Å². The Labute approximate surface area is 211 Å². The quantitative estimate of drug-likeness (QED) is 0.436. The maximum absolute atomic E-state index is 13.0. The van der Waals surface area contributed by atoms with Crippen LogP contribution in [-0.4, -0.2) is 64.9 Å². The third-order valence-electron chi connectivity index (χ3n) is 7.27. The largest absolute Gasteiger partial charge is 0.481 e. The number of hydrogen-bond acceptors (Lipinski definition) is 8. The summed E-state index contributed by atoms with van der Waals surface area (Å²) in [5.41, 5.74) is -0.714. The standard InChI is InChI=1S/C25H28F3N5O4/c1-36-22-5-3-16(11-29-22)24(35)8-6-18(7-9-24)33-13-17(14-33)31-21(34)12-30-23-19-10-15(25(26,27)28)2-4-20(19)37-32-23/h2-5,10-11,17-18,35H,6-9,12-14H2,1H3,(H,30,32)(H,31,34). The third kappa shape index (κ3) is 5.35. The Hall–Kier alpha value is -3.38. The number of halogens is 3. The number of carbonyl (C=O) groups excluding carboxylic acids is 1. The Morgan fingerprint density at radius 3 is 2.65 bits per heavy atom. The van der Waals surface area contributed by atoms with Gasteiger partial charge in [-0.25, -0.2) is 4.98 Å². The topological polar surface area (TPSA) is 113 Å². The van der Waals surface area contributed by atoms with Gasteiger partial charge in [0.25, 0.3) is 0 Å². The van der Waals surface area contributed by atoms with E-state index in [1.54, 1.807) is 19.4 Å². The molecule has 2 aliphatic rings. The molecule has 1 aliphatic carbocycles. The molecule has 3 heterocycles. The van der Waals surface area contributed by atoms with Crippen LogP contribution in [-0.2, 0) is 16.6 Å². The fourth-order valence-corrected chi connectivity index (χ4v) is 5.10. The Balaban J connectivity index is 1.07. The molecule has 198 valence electrons. The van der Waals surface area contributed by atoms with Gasteiger partial charge >= 0.3 is 6.18 Å². The van der Waals surface area contributed by atoms with Crippen LogP contribution in [0.25, 0.3) is 11.0 Å². The molecule has 0 bridgehead atoms. The average molecular weight is 520 g/mol. The Morgan fingerprint density at radius 1 is 1.24 bits per heavy atom. The van der Waals surface area contributed by atoms with Gasteiger partial charge in [0, 0.05) is 37.0 Å². The normalized spacial score (nSPS) is 23.0. The molecule has 9 nitrogen and oxygen atoms in total. The molecule has 2 fully saturated rings. The van der Waals surface area contributed by atoms with E-state index < -0.39 is 17.3 Å². The van der Waals surface area contributed by atoms with Gasteiger partial charge in [0.15, 0.2) is 11.4 Å². The Bertz CT molecular complexity index is 1250. The number of nitrogens with one attached hydrogen (secondary N) is 2. The summed E-state index contributed by atoms with van der Waals surface area (Å²) in [6.45, 7) is 1.28. The summed E-state index contributed by atoms with van der Waals surface area (Å²) in [6, 6.07) is 7.02. The van der Waals surface area contributed by atoms with Gasteiger partial charge in [-0.3, -0.25) is 9.69 Å². The summed E-state index contributed by atoms with van der Waals surface area (Å²) in [7, 11) is 1.55. The van der Waals surface area contributed by atoms with Crippen molar-refractivity contribution in [3.63, 3.8) is 0 Å². The lowest BCUT2D eigenvalue weighted by Crippen LogP contribution is -2.63. The van der Waals surface area contributed by atoms with Crippen molar-refractivity contribution >= 4 is 22.7 Å². The van der Waals surface area contributed by atoms with Gasteiger partial charge in [0.05, 0.1) is 36.2 Å². The number of aliphatic hydroxyl groups is 1. The summed E-state index contributed by atoms with van der Waals surface area (Å²) < 4.78 is 49.2. The Morgan fingerprint density at radius 2 is 2.00 bits per heavy atom. The first-order chi connectivity index (χ1) is 17.6. The van der Waals surface area contributed by atoms with Crippen LogP contribution >= 0.6 is 0 Å². The van der Waals surface area contributed by atoms with E-state index in [0.717, 1.165) is 30.5 Å². The Kier molecular flexibility index (Phi) is 6.71. The van der Waals surface area contributed by atoms with Crippen molar-refractivity contribution in [2.75, 3.05) is 32.1 Å². The maximum atomic E-state index is 13.0. The van der Waals surface area contributed by atoms with E-state index in [2.05, 4.69) is 25.7 Å². The van der Waals surface area contributed by atoms with E-state index in [0.29, 0.717) is 37.9 Å². The van der Waals surface area contributed by atoms with Gasteiger partial charge in [0.1, 0.15) is 0 Å². The van der Waals surface area contributed by atoms with E-state index in [4.69, 9.17) is 9.26 Å². The molecule has 0 radical (unpaired) electrons.